The average Bonchev–Trinajstić information content (AvgIpc) is 2.99. The number of carbonyl (C=O) groups is 1. The highest BCUT2D eigenvalue weighted by Crippen LogP contribution is 2.52. The molecule has 3 nitrogen and oxygen atoms in total. The Balaban J connectivity index is 1.47. The molecule has 4 rings (SSSR count). The fourth-order valence-corrected chi connectivity index (χ4v) is 5.06. The van der Waals surface area contributed by atoms with Gasteiger partial charge in [0, 0.05) is 27.1 Å². The zero-order valence-corrected chi connectivity index (χ0v) is 16.8. The fourth-order valence-electron chi connectivity index (χ4n) is 5.06. The van der Waals surface area contributed by atoms with Gasteiger partial charge < -0.3 is 4.90 Å². The Bertz CT molecular complexity index is 838. The standard InChI is InChI=1S/C24H29FN2O/c1-26(2)23(28)15-19-16-24(22-6-4-3-5-21(19)22)11-13-27(14-12-24)17-18-7-9-20(25)10-8-18/h3-10,19H,11-17H2,1-2H3/t19-/m0/s1. The van der Waals surface area contributed by atoms with Gasteiger partial charge in [-0.1, -0.05) is 36.4 Å². The number of carbonyl (C=O) groups excluding carboxylic acids is 1. The van der Waals surface area contributed by atoms with Gasteiger partial charge >= 0.3 is 0 Å². The van der Waals surface area contributed by atoms with E-state index in [0.717, 1.165) is 38.9 Å². The predicted molar refractivity (Wildman–Crippen MR) is 110 cm³/mol. The molecule has 4 heteroatoms. The maximum absolute atomic E-state index is 13.1. The van der Waals surface area contributed by atoms with Gasteiger partial charge in [-0.15, -0.1) is 0 Å². The number of rotatable bonds is 4. The van der Waals surface area contributed by atoms with Crippen LogP contribution in [0.15, 0.2) is 48.5 Å². The maximum atomic E-state index is 13.1. The van der Waals surface area contributed by atoms with Crippen molar-refractivity contribution in [3.8, 4) is 0 Å². The van der Waals surface area contributed by atoms with E-state index in [1.807, 2.05) is 26.2 Å². The fraction of sp³-hybridized carbons (Fsp3) is 0.458. The van der Waals surface area contributed by atoms with E-state index in [4.69, 9.17) is 0 Å². The lowest BCUT2D eigenvalue weighted by Gasteiger charge is -2.40. The van der Waals surface area contributed by atoms with Gasteiger partial charge in [0.2, 0.25) is 5.91 Å². The lowest BCUT2D eigenvalue weighted by Crippen LogP contribution is -2.41. The van der Waals surface area contributed by atoms with Crippen molar-refractivity contribution < 1.29 is 9.18 Å². The molecule has 0 bridgehead atoms. The van der Waals surface area contributed by atoms with Crippen molar-refractivity contribution in [3.05, 3.63) is 71.0 Å². The molecule has 1 spiro atoms. The van der Waals surface area contributed by atoms with Crippen LogP contribution in [0.3, 0.4) is 0 Å². The van der Waals surface area contributed by atoms with Crippen LogP contribution in [0.2, 0.25) is 0 Å². The molecule has 2 aromatic rings. The summed E-state index contributed by atoms with van der Waals surface area (Å²) in [6.45, 7) is 2.96. The number of piperidine rings is 1. The molecule has 1 fully saturated rings. The molecule has 0 saturated carbocycles. The molecule has 148 valence electrons. The van der Waals surface area contributed by atoms with E-state index in [1.54, 1.807) is 17.0 Å². The minimum absolute atomic E-state index is 0.178. The third kappa shape index (κ3) is 3.70. The second kappa shape index (κ2) is 7.67. The summed E-state index contributed by atoms with van der Waals surface area (Å²) in [7, 11) is 3.68. The molecule has 1 aliphatic heterocycles. The molecule has 2 aliphatic rings. The summed E-state index contributed by atoms with van der Waals surface area (Å²) in [6, 6.07) is 15.6. The Morgan fingerprint density at radius 2 is 1.79 bits per heavy atom. The highest BCUT2D eigenvalue weighted by Gasteiger charge is 2.45. The number of likely N-dealkylation sites (tertiary alicyclic amines) is 1. The van der Waals surface area contributed by atoms with Crippen molar-refractivity contribution in [2.24, 2.45) is 0 Å². The van der Waals surface area contributed by atoms with Gasteiger partial charge in [0.25, 0.3) is 0 Å². The van der Waals surface area contributed by atoms with E-state index >= 15 is 0 Å². The summed E-state index contributed by atoms with van der Waals surface area (Å²) in [5.41, 5.74) is 4.21. The number of fused-ring (bicyclic) bond motifs is 2. The smallest absolute Gasteiger partial charge is 0.222 e. The first-order valence-electron chi connectivity index (χ1n) is 10.2. The van der Waals surface area contributed by atoms with Crippen molar-refractivity contribution in [3.63, 3.8) is 0 Å². The molecule has 0 aromatic heterocycles. The number of halogens is 1. The maximum Gasteiger partial charge on any atom is 0.222 e. The van der Waals surface area contributed by atoms with E-state index in [0.29, 0.717) is 12.3 Å². The van der Waals surface area contributed by atoms with Crippen molar-refractivity contribution in [1.82, 2.24) is 9.80 Å². The van der Waals surface area contributed by atoms with E-state index in [-0.39, 0.29) is 17.1 Å². The van der Waals surface area contributed by atoms with Gasteiger partial charge in [-0.05, 0) is 72.5 Å². The topological polar surface area (TPSA) is 23.6 Å². The first-order valence-corrected chi connectivity index (χ1v) is 10.2. The van der Waals surface area contributed by atoms with Crippen LogP contribution >= 0.6 is 0 Å². The van der Waals surface area contributed by atoms with Gasteiger partial charge in [0.15, 0.2) is 0 Å². The van der Waals surface area contributed by atoms with Gasteiger partial charge in [-0.3, -0.25) is 9.69 Å². The second-order valence-electron chi connectivity index (χ2n) is 8.66. The van der Waals surface area contributed by atoms with Crippen LogP contribution in [0.4, 0.5) is 4.39 Å². The van der Waals surface area contributed by atoms with Crippen LogP contribution in [0, 0.1) is 5.82 Å². The zero-order valence-electron chi connectivity index (χ0n) is 16.8. The van der Waals surface area contributed by atoms with E-state index in [9.17, 15) is 9.18 Å². The molecule has 0 N–H and O–H groups in total. The Labute approximate surface area is 167 Å². The average molecular weight is 381 g/mol. The van der Waals surface area contributed by atoms with E-state index in [1.165, 1.54) is 16.7 Å². The quantitative estimate of drug-likeness (QED) is 0.788. The Kier molecular flexibility index (Phi) is 5.24. The molecule has 0 radical (unpaired) electrons. The Morgan fingerprint density at radius 3 is 2.46 bits per heavy atom. The summed E-state index contributed by atoms with van der Waals surface area (Å²) >= 11 is 0. The monoisotopic (exact) mass is 380 g/mol. The molecule has 1 heterocycles. The van der Waals surface area contributed by atoms with Crippen LogP contribution in [0.1, 0.15) is 48.3 Å². The normalized spacial score (nSPS) is 20.9. The molecule has 1 amide bonds. The van der Waals surface area contributed by atoms with Crippen molar-refractivity contribution >= 4 is 5.91 Å². The summed E-state index contributed by atoms with van der Waals surface area (Å²) in [5, 5.41) is 0. The highest BCUT2D eigenvalue weighted by molar-refractivity contribution is 5.77. The second-order valence-corrected chi connectivity index (χ2v) is 8.66. The van der Waals surface area contributed by atoms with Crippen LogP contribution < -0.4 is 0 Å². The highest BCUT2D eigenvalue weighted by atomic mass is 19.1. The number of nitrogens with zero attached hydrogens (tertiary/aromatic N) is 2. The Morgan fingerprint density at radius 1 is 1.11 bits per heavy atom. The molecule has 1 atom stereocenters. The molecule has 0 unspecified atom stereocenters. The van der Waals surface area contributed by atoms with Crippen LogP contribution in [-0.2, 0) is 16.8 Å². The van der Waals surface area contributed by atoms with Crippen molar-refractivity contribution in [1.29, 1.82) is 0 Å². The first-order chi connectivity index (χ1) is 13.5. The van der Waals surface area contributed by atoms with Gasteiger partial charge in [-0.2, -0.15) is 0 Å². The van der Waals surface area contributed by atoms with Gasteiger partial charge in [0.05, 0.1) is 0 Å². The van der Waals surface area contributed by atoms with Crippen LogP contribution in [-0.4, -0.2) is 42.9 Å². The van der Waals surface area contributed by atoms with Crippen LogP contribution in [0.5, 0.6) is 0 Å². The lowest BCUT2D eigenvalue weighted by atomic mass is 9.73. The minimum atomic E-state index is -0.178. The van der Waals surface area contributed by atoms with Crippen molar-refractivity contribution in [2.45, 2.75) is 43.6 Å². The largest absolute Gasteiger partial charge is 0.349 e. The summed E-state index contributed by atoms with van der Waals surface area (Å²) in [6.07, 6.45) is 3.93. The molecular weight excluding hydrogens is 351 g/mol. The molecular formula is C24H29FN2O. The van der Waals surface area contributed by atoms with E-state index in [2.05, 4.69) is 29.2 Å². The van der Waals surface area contributed by atoms with Crippen LogP contribution in [0.25, 0.3) is 0 Å². The third-order valence-corrected chi connectivity index (χ3v) is 6.66. The van der Waals surface area contributed by atoms with Gasteiger partial charge in [-0.25, -0.2) is 4.39 Å². The minimum Gasteiger partial charge on any atom is -0.349 e. The molecule has 28 heavy (non-hydrogen) atoms. The third-order valence-electron chi connectivity index (χ3n) is 6.66. The molecule has 2 aromatic carbocycles. The van der Waals surface area contributed by atoms with Crippen molar-refractivity contribution in [2.75, 3.05) is 27.2 Å². The number of hydrogen-bond acceptors (Lipinski definition) is 2. The molecule has 1 saturated heterocycles. The summed E-state index contributed by atoms with van der Waals surface area (Å²) in [5.74, 6) is 0.363. The lowest BCUT2D eigenvalue weighted by molar-refractivity contribution is -0.129. The SMILES string of the molecule is CN(C)C(=O)C[C@H]1CC2(CCN(Cc3ccc(F)cc3)CC2)c2ccccc21. The number of benzene rings is 2. The number of hydrogen-bond donors (Lipinski definition) is 0. The predicted octanol–water partition coefficient (Wildman–Crippen LogP) is 4.33. The number of amides is 1. The zero-order chi connectivity index (χ0) is 19.7. The summed E-state index contributed by atoms with van der Waals surface area (Å²) < 4.78 is 13.1. The van der Waals surface area contributed by atoms with E-state index < -0.39 is 0 Å². The summed E-state index contributed by atoms with van der Waals surface area (Å²) in [4.78, 5) is 16.5. The Hall–Kier alpha value is -2.20. The first kappa shape index (κ1) is 19.1. The molecule has 1 aliphatic carbocycles. The van der Waals surface area contributed by atoms with Gasteiger partial charge in [0.1, 0.15) is 5.82 Å².